The molecule has 1 aromatic rings. The molecule has 0 heterocycles. The SMILES string of the molecule is COC(=O)CCOc1ccc(Cl)c(F)c1. The molecule has 0 aromatic heterocycles. The third-order valence-corrected chi connectivity index (χ3v) is 2.00. The molecule has 0 saturated carbocycles. The summed E-state index contributed by atoms with van der Waals surface area (Å²) in [5.74, 6) is -0.586. The number of ether oxygens (including phenoxy) is 2. The van der Waals surface area contributed by atoms with Gasteiger partial charge >= 0.3 is 5.97 Å². The zero-order valence-electron chi connectivity index (χ0n) is 8.13. The first-order chi connectivity index (χ1) is 7.13. The van der Waals surface area contributed by atoms with Gasteiger partial charge in [0.15, 0.2) is 0 Å². The highest BCUT2D eigenvalue weighted by Crippen LogP contribution is 2.20. The first kappa shape index (κ1) is 11.8. The van der Waals surface area contributed by atoms with Gasteiger partial charge in [-0.15, -0.1) is 0 Å². The minimum atomic E-state index is -0.549. The van der Waals surface area contributed by atoms with Gasteiger partial charge in [-0.25, -0.2) is 4.39 Å². The summed E-state index contributed by atoms with van der Waals surface area (Å²) in [6, 6.07) is 4.09. The maximum Gasteiger partial charge on any atom is 0.308 e. The molecule has 0 aliphatic heterocycles. The van der Waals surface area contributed by atoms with Crippen molar-refractivity contribution in [2.75, 3.05) is 13.7 Å². The highest BCUT2D eigenvalue weighted by Gasteiger charge is 2.03. The number of carbonyl (C=O) groups excluding carboxylic acids is 1. The van der Waals surface area contributed by atoms with Gasteiger partial charge in [-0.05, 0) is 12.1 Å². The van der Waals surface area contributed by atoms with Gasteiger partial charge in [0.05, 0.1) is 25.2 Å². The molecule has 0 N–H and O–H groups in total. The van der Waals surface area contributed by atoms with Crippen molar-refractivity contribution in [1.82, 2.24) is 0 Å². The summed E-state index contributed by atoms with van der Waals surface area (Å²) < 4.78 is 22.5. The lowest BCUT2D eigenvalue weighted by molar-refractivity contribution is -0.141. The van der Waals surface area contributed by atoms with E-state index in [2.05, 4.69) is 4.74 Å². The van der Waals surface area contributed by atoms with E-state index in [9.17, 15) is 9.18 Å². The van der Waals surface area contributed by atoms with E-state index in [0.29, 0.717) is 5.75 Å². The summed E-state index contributed by atoms with van der Waals surface area (Å²) in [7, 11) is 1.30. The van der Waals surface area contributed by atoms with Crippen molar-refractivity contribution in [2.45, 2.75) is 6.42 Å². The molecular weight excluding hydrogens is 223 g/mol. The number of rotatable bonds is 4. The summed E-state index contributed by atoms with van der Waals surface area (Å²) in [5, 5.41) is 0.0373. The Morgan fingerprint density at radius 3 is 2.87 bits per heavy atom. The van der Waals surface area contributed by atoms with Crippen LogP contribution >= 0.6 is 11.6 Å². The van der Waals surface area contributed by atoms with E-state index in [-0.39, 0.29) is 24.0 Å². The molecule has 0 bridgehead atoms. The largest absolute Gasteiger partial charge is 0.493 e. The van der Waals surface area contributed by atoms with Crippen LogP contribution in [-0.2, 0) is 9.53 Å². The molecule has 0 saturated heterocycles. The van der Waals surface area contributed by atoms with Crippen LogP contribution in [0.5, 0.6) is 5.75 Å². The predicted molar refractivity (Wildman–Crippen MR) is 53.5 cm³/mol. The van der Waals surface area contributed by atoms with E-state index in [0.717, 1.165) is 0 Å². The molecule has 1 rings (SSSR count). The van der Waals surface area contributed by atoms with Crippen LogP contribution in [0.15, 0.2) is 18.2 Å². The van der Waals surface area contributed by atoms with Crippen LogP contribution in [0.25, 0.3) is 0 Å². The molecule has 15 heavy (non-hydrogen) atoms. The van der Waals surface area contributed by atoms with Gasteiger partial charge in [0.1, 0.15) is 11.6 Å². The molecule has 0 aliphatic rings. The lowest BCUT2D eigenvalue weighted by Crippen LogP contribution is -2.07. The smallest absolute Gasteiger partial charge is 0.308 e. The summed E-state index contributed by atoms with van der Waals surface area (Å²) in [6.45, 7) is 0.147. The molecule has 0 fully saturated rings. The molecule has 5 heteroatoms. The topological polar surface area (TPSA) is 35.5 Å². The monoisotopic (exact) mass is 232 g/mol. The zero-order valence-corrected chi connectivity index (χ0v) is 8.88. The Bertz CT molecular complexity index is 355. The molecule has 0 radical (unpaired) electrons. The second kappa shape index (κ2) is 5.56. The molecule has 0 atom stereocenters. The summed E-state index contributed by atoms with van der Waals surface area (Å²) in [5.41, 5.74) is 0. The Kier molecular flexibility index (Phi) is 4.37. The predicted octanol–water partition coefficient (Wildman–Crippen LogP) is 2.42. The minimum Gasteiger partial charge on any atom is -0.493 e. The number of carbonyl (C=O) groups is 1. The Morgan fingerprint density at radius 2 is 2.27 bits per heavy atom. The lowest BCUT2D eigenvalue weighted by Gasteiger charge is -2.05. The number of hydrogen-bond acceptors (Lipinski definition) is 3. The third-order valence-electron chi connectivity index (χ3n) is 1.69. The van der Waals surface area contributed by atoms with Gasteiger partial charge < -0.3 is 9.47 Å². The van der Waals surface area contributed by atoms with Crippen molar-refractivity contribution < 1.29 is 18.7 Å². The fourth-order valence-electron chi connectivity index (χ4n) is 0.921. The molecule has 82 valence electrons. The van der Waals surface area contributed by atoms with Crippen molar-refractivity contribution >= 4 is 17.6 Å². The average molecular weight is 233 g/mol. The summed E-state index contributed by atoms with van der Waals surface area (Å²) >= 11 is 5.48. The van der Waals surface area contributed by atoms with Crippen LogP contribution in [0.3, 0.4) is 0 Å². The molecule has 0 spiro atoms. The van der Waals surface area contributed by atoms with Gasteiger partial charge in [0.2, 0.25) is 0 Å². The minimum absolute atomic E-state index is 0.0373. The third kappa shape index (κ3) is 3.75. The van der Waals surface area contributed by atoms with Gasteiger partial charge in [-0.2, -0.15) is 0 Å². The van der Waals surface area contributed by atoms with Gasteiger partial charge in [0.25, 0.3) is 0 Å². The van der Waals surface area contributed by atoms with E-state index < -0.39 is 5.82 Å². The highest BCUT2D eigenvalue weighted by atomic mass is 35.5. The molecule has 0 amide bonds. The molecule has 0 unspecified atom stereocenters. The van der Waals surface area contributed by atoms with E-state index in [1.807, 2.05) is 0 Å². The normalized spacial score (nSPS) is 9.80. The second-order valence-corrected chi connectivity index (χ2v) is 3.16. The van der Waals surface area contributed by atoms with Crippen LogP contribution < -0.4 is 4.74 Å². The Balaban J connectivity index is 2.44. The van der Waals surface area contributed by atoms with Crippen molar-refractivity contribution in [2.24, 2.45) is 0 Å². The van der Waals surface area contributed by atoms with Crippen molar-refractivity contribution in [1.29, 1.82) is 0 Å². The van der Waals surface area contributed by atoms with E-state index >= 15 is 0 Å². The van der Waals surface area contributed by atoms with Crippen LogP contribution in [0.1, 0.15) is 6.42 Å². The van der Waals surface area contributed by atoms with Crippen molar-refractivity contribution in [3.05, 3.63) is 29.0 Å². The number of esters is 1. The molecule has 0 aliphatic carbocycles. The van der Waals surface area contributed by atoms with Crippen molar-refractivity contribution in [3.8, 4) is 5.75 Å². The zero-order chi connectivity index (χ0) is 11.3. The van der Waals surface area contributed by atoms with Crippen LogP contribution in [0, 0.1) is 5.82 Å². The fraction of sp³-hybridized carbons (Fsp3) is 0.300. The number of hydrogen-bond donors (Lipinski definition) is 0. The Labute approximate surface area is 91.7 Å². The van der Waals surface area contributed by atoms with Gasteiger partial charge in [-0.3, -0.25) is 4.79 Å². The van der Waals surface area contributed by atoms with Gasteiger partial charge in [0, 0.05) is 6.07 Å². The molecular formula is C10H10ClFO3. The quantitative estimate of drug-likeness (QED) is 0.748. The van der Waals surface area contributed by atoms with E-state index in [1.165, 1.54) is 25.3 Å². The maximum absolute atomic E-state index is 12.9. The second-order valence-electron chi connectivity index (χ2n) is 2.75. The fourth-order valence-corrected chi connectivity index (χ4v) is 1.04. The maximum atomic E-state index is 12.9. The van der Waals surface area contributed by atoms with Crippen LogP contribution in [0.4, 0.5) is 4.39 Å². The Morgan fingerprint density at radius 1 is 1.53 bits per heavy atom. The molecule has 3 nitrogen and oxygen atoms in total. The molecule has 1 aromatic carbocycles. The summed E-state index contributed by atoms with van der Waals surface area (Å²) in [6.07, 6.45) is 0.126. The first-order valence-electron chi connectivity index (χ1n) is 4.28. The first-order valence-corrected chi connectivity index (χ1v) is 4.66. The number of halogens is 2. The Hall–Kier alpha value is -1.29. The van der Waals surface area contributed by atoms with Crippen LogP contribution in [0.2, 0.25) is 5.02 Å². The lowest BCUT2D eigenvalue weighted by atomic mass is 10.3. The highest BCUT2D eigenvalue weighted by molar-refractivity contribution is 6.30. The standard InChI is InChI=1S/C10H10ClFO3/c1-14-10(13)4-5-15-7-2-3-8(11)9(12)6-7/h2-3,6H,4-5H2,1H3. The summed E-state index contributed by atoms with van der Waals surface area (Å²) in [4.78, 5) is 10.7. The van der Waals surface area contributed by atoms with Crippen LogP contribution in [-0.4, -0.2) is 19.7 Å². The average Bonchev–Trinajstić information content (AvgIpc) is 2.23. The number of methoxy groups -OCH3 is 1. The van der Waals surface area contributed by atoms with E-state index in [4.69, 9.17) is 16.3 Å². The van der Waals surface area contributed by atoms with Gasteiger partial charge in [-0.1, -0.05) is 11.6 Å². The number of benzene rings is 1. The van der Waals surface area contributed by atoms with Crippen molar-refractivity contribution in [3.63, 3.8) is 0 Å². The van der Waals surface area contributed by atoms with E-state index in [1.54, 1.807) is 0 Å².